The summed E-state index contributed by atoms with van der Waals surface area (Å²) in [5.74, 6) is -1.24. The Labute approximate surface area is 150 Å². The molecule has 26 heavy (non-hydrogen) atoms. The van der Waals surface area contributed by atoms with Gasteiger partial charge >= 0.3 is 17.9 Å². The number of alkyl carbamates (subject to hydrolysis) is 1. The van der Waals surface area contributed by atoms with Gasteiger partial charge in [0.05, 0.1) is 7.11 Å². The van der Waals surface area contributed by atoms with Gasteiger partial charge in [-0.05, 0) is 42.8 Å². The molecule has 1 rings (SSSR count). The second-order valence-electron chi connectivity index (χ2n) is 6.05. The standard InChI is InChI=1S/C16H22N4O6/c1-16(2,3)26-15(22)18-10-6-5-9-17-11-7-8-12(14(21)25-4)19-13(11)20(23)24/h5-8,17H,9-10H2,1-4H3,(H,18,22)/b6-5+. The number of anilines is 1. The average Bonchev–Trinajstić information content (AvgIpc) is 2.55. The fourth-order valence-corrected chi connectivity index (χ4v) is 1.74. The number of esters is 1. The zero-order chi connectivity index (χ0) is 19.7. The summed E-state index contributed by atoms with van der Waals surface area (Å²) in [5.41, 5.74) is -0.563. The molecule has 0 radical (unpaired) electrons. The van der Waals surface area contributed by atoms with Crippen molar-refractivity contribution in [2.45, 2.75) is 26.4 Å². The molecule has 1 aromatic rings. The van der Waals surface area contributed by atoms with E-state index in [9.17, 15) is 19.7 Å². The number of nitrogens with one attached hydrogen (secondary N) is 2. The SMILES string of the molecule is COC(=O)c1ccc(NC/C=C/CNC(=O)OC(C)(C)C)c([N+](=O)[O-])n1. The van der Waals surface area contributed by atoms with Crippen LogP contribution in [0.25, 0.3) is 0 Å². The number of aromatic nitrogens is 1. The lowest BCUT2D eigenvalue weighted by atomic mass is 10.2. The summed E-state index contributed by atoms with van der Waals surface area (Å²) in [4.78, 5) is 36.9. The molecule has 0 saturated carbocycles. The Morgan fingerprint density at radius 1 is 1.27 bits per heavy atom. The van der Waals surface area contributed by atoms with Crippen molar-refractivity contribution >= 4 is 23.6 Å². The summed E-state index contributed by atoms with van der Waals surface area (Å²) in [6.45, 7) is 5.80. The van der Waals surface area contributed by atoms with Crippen LogP contribution in [0.3, 0.4) is 0 Å². The largest absolute Gasteiger partial charge is 0.463 e. The highest BCUT2D eigenvalue weighted by atomic mass is 16.6. The second-order valence-corrected chi connectivity index (χ2v) is 6.05. The first kappa shape index (κ1) is 20.9. The topological polar surface area (TPSA) is 133 Å². The van der Waals surface area contributed by atoms with Crippen LogP contribution in [-0.2, 0) is 9.47 Å². The highest BCUT2D eigenvalue weighted by Crippen LogP contribution is 2.22. The van der Waals surface area contributed by atoms with E-state index in [4.69, 9.17) is 4.74 Å². The Bertz CT molecular complexity index is 696. The summed E-state index contributed by atoms with van der Waals surface area (Å²) in [6, 6.07) is 2.71. The quantitative estimate of drug-likeness (QED) is 0.325. The maximum atomic E-state index is 11.4. The molecule has 10 nitrogen and oxygen atoms in total. The summed E-state index contributed by atoms with van der Waals surface area (Å²) in [6.07, 6.45) is 2.81. The summed E-state index contributed by atoms with van der Waals surface area (Å²) in [5, 5.41) is 16.4. The van der Waals surface area contributed by atoms with Crippen molar-refractivity contribution in [3.63, 3.8) is 0 Å². The molecule has 0 aliphatic carbocycles. The van der Waals surface area contributed by atoms with Crippen molar-refractivity contribution in [2.75, 3.05) is 25.5 Å². The number of ether oxygens (including phenoxy) is 2. The maximum Gasteiger partial charge on any atom is 0.407 e. The summed E-state index contributed by atoms with van der Waals surface area (Å²) in [7, 11) is 1.16. The normalized spacial score (nSPS) is 11.1. The number of nitro groups is 1. The van der Waals surface area contributed by atoms with E-state index in [2.05, 4.69) is 20.4 Å². The predicted octanol–water partition coefficient (Wildman–Crippen LogP) is 2.27. The first-order chi connectivity index (χ1) is 12.1. The van der Waals surface area contributed by atoms with Crippen LogP contribution >= 0.6 is 0 Å². The van der Waals surface area contributed by atoms with E-state index in [0.717, 1.165) is 7.11 Å². The van der Waals surface area contributed by atoms with Crippen molar-refractivity contribution in [1.29, 1.82) is 0 Å². The van der Waals surface area contributed by atoms with E-state index in [1.165, 1.54) is 12.1 Å². The van der Waals surface area contributed by atoms with Gasteiger partial charge in [0.15, 0.2) is 0 Å². The molecule has 10 heteroatoms. The predicted molar refractivity (Wildman–Crippen MR) is 94.1 cm³/mol. The Kier molecular flexibility index (Phi) is 7.51. The van der Waals surface area contributed by atoms with Crippen molar-refractivity contribution in [3.05, 3.63) is 40.1 Å². The molecule has 0 bridgehead atoms. The van der Waals surface area contributed by atoms with Gasteiger partial charge in [-0.3, -0.25) is 0 Å². The van der Waals surface area contributed by atoms with Gasteiger partial charge in [0, 0.05) is 13.1 Å². The Hall–Kier alpha value is -3.17. The number of hydrogen-bond acceptors (Lipinski definition) is 8. The molecular weight excluding hydrogens is 344 g/mol. The molecule has 2 N–H and O–H groups in total. The Morgan fingerprint density at radius 2 is 1.92 bits per heavy atom. The van der Waals surface area contributed by atoms with Crippen LogP contribution in [0.2, 0.25) is 0 Å². The number of pyridine rings is 1. The van der Waals surface area contributed by atoms with Gasteiger partial charge in [0.25, 0.3) is 5.69 Å². The zero-order valence-corrected chi connectivity index (χ0v) is 15.1. The van der Waals surface area contributed by atoms with Crippen molar-refractivity contribution in [3.8, 4) is 0 Å². The van der Waals surface area contributed by atoms with Gasteiger partial charge < -0.3 is 30.2 Å². The molecule has 0 fully saturated rings. The summed E-state index contributed by atoms with van der Waals surface area (Å²) < 4.78 is 9.56. The minimum absolute atomic E-state index is 0.151. The highest BCUT2D eigenvalue weighted by Gasteiger charge is 2.21. The molecule has 142 valence electrons. The van der Waals surface area contributed by atoms with Gasteiger partial charge in [0.1, 0.15) is 11.3 Å². The molecule has 0 aliphatic rings. The molecular formula is C16H22N4O6. The van der Waals surface area contributed by atoms with Crippen LogP contribution in [0.15, 0.2) is 24.3 Å². The van der Waals surface area contributed by atoms with Gasteiger partial charge in [-0.2, -0.15) is 0 Å². The fraction of sp³-hybridized carbons (Fsp3) is 0.438. The number of rotatable bonds is 7. The van der Waals surface area contributed by atoms with Crippen molar-refractivity contribution < 1.29 is 24.0 Å². The number of nitrogens with zero attached hydrogens (tertiary/aromatic N) is 2. The van der Waals surface area contributed by atoms with Crippen LogP contribution in [0.1, 0.15) is 31.3 Å². The van der Waals surface area contributed by atoms with E-state index >= 15 is 0 Å². The summed E-state index contributed by atoms with van der Waals surface area (Å²) >= 11 is 0. The monoisotopic (exact) mass is 366 g/mol. The fourth-order valence-electron chi connectivity index (χ4n) is 1.74. The van der Waals surface area contributed by atoms with E-state index in [-0.39, 0.29) is 24.5 Å². The van der Waals surface area contributed by atoms with E-state index < -0.39 is 28.4 Å². The lowest BCUT2D eigenvalue weighted by molar-refractivity contribution is -0.388. The maximum absolute atomic E-state index is 11.4. The molecule has 0 aromatic carbocycles. The number of carbonyl (C=O) groups excluding carboxylic acids is 2. The van der Waals surface area contributed by atoms with Gasteiger partial charge in [0.2, 0.25) is 0 Å². The number of hydrogen-bond donors (Lipinski definition) is 2. The van der Waals surface area contributed by atoms with Gasteiger partial charge in [-0.1, -0.05) is 12.2 Å². The Balaban J connectivity index is 2.56. The molecule has 1 heterocycles. The third-order valence-electron chi connectivity index (χ3n) is 2.78. The zero-order valence-electron chi connectivity index (χ0n) is 15.1. The molecule has 0 aliphatic heterocycles. The van der Waals surface area contributed by atoms with Gasteiger partial charge in [-0.25, -0.2) is 9.59 Å². The molecule has 0 unspecified atom stereocenters. The third-order valence-corrected chi connectivity index (χ3v) is 2.78. The third kappa shape index (κ3) is 7.16. The van der Waals surface area contributed by atoms with Crippen molar-refractivity contribution in [1.82, 2.24) is 10.3 Å². The van der Waals surface area contributed by atoms with Gasteiger partial charge in [-0.15, -0.1) is 0 Å². The molecule has 1 amide bonds. The average molecular weight is 366 g/mol. The Morgan fingerprint density at radius 3 is 2.50 bits per heavy atom. The lowest BCUT2D eigenvalue weighted by Crippen LogP contribution is -2.32. The van der Waals surface area contributed by atoms with Crippen molar-refractivity contribution in [2.24, 2.45) is 0 Å². The first-order valence-corrected chi connectivity index (χ1v) is 7.73. The lowest BCUT2D eigenvalue weighted by Gasteiger charge is -2.19. The van der Waals surface area contributed by atoms with Crippen LogP contribution in [0, 0.1) is 10.1 Å². The number of carbonyl (C=O) groups is 2. The van der Waals surface area contributed by atoms with Crippen LogP contribution in [-0.4, -0.2) is 47.8 Å². The van der Waals surface area contributed by atoms with E-state index in [1.54, 1.807) is 32.9 Å². The first-order valence-electron chi connectivity index (χ1n) is 7.73. The molecule has 1 aromatic heterocycles. The number of amides is 1. The highest BCUT2D eigenvalue weighted by molar-refractivity contribution is 5.88. The molecule has 0 saturated heterocycles. The van der Waals surface area contributed by atoms with E-state index in [1.807, 2.05) is 0 Å². The number of methoxy groups -OCH3 is 1. The van der Waals surface area contributed by atoms with Crippen LogP contribution < -0.4 is 10.6 Å². The molecule has 0 spiro atoms. The van der Waals surface area contributed by atoms with Crippen LogP contribution in [0.5, 0.6) is 0 Å². The van der Waals surface area contributed by atoms with E-state index in [0.29, 0.717) is 0 Å². The molecule has 0 atom stereocenters. The minimum Gasteiger partial charge on any atom is -0.463 e. The second kappa shape index (κ2) is 9.35. The minimum atomic E-state index is -0.757. The smallest absolute Gasteiger partial charge is 0.407 e. The van der Waals surface area contributed by atoms with Crippen LogP contribution in [0.4, 0.5) is 16.3 Å².